The first kappa shape index (κ1) is 20.8. The first-order valence-corrected chi connectivity index (χ1v) is 9.46. The van der Waals surface area contributed by atoms with Crippen LogP contribution in [0.4, 0.5) is 0 Å². The molecule has 0 aliphatic carbocycles. The fraction of sp³-hybridized carbons (Fsp3) is 0.524. The molecule has 2 aromatic rings. The Morgan fingerprint density at radius 3 is 2.63 bits per heavy atom. The number of rotatable bonds is 8. The summed E-state index contributed by atoms with van der Waals surface area (Å²) in [7, 11) is 3.50. The van der Waals surface area contributed by atoms with E-state index < -0.39 is 0 Å². The van der Waals surface area contributed by atoms with Crippen molar-refractivity contribution < 1.29 is 4.74 Å². The number of guanidine groups is 1. The average Bonchev–Trinajstić information content (AvgIpc) is 2.98. The predicted molar refractivity (Wildman–Crippen MR) is 112 cm³/mol. The Labute approximate surface area is 163 Å². The van der Waals surface area contributed by atoms with Crippen molar-refractivity contribution in [3.05, 3.63) is 47.3 Å². The van der Waals surface area contributed by atoms with E-state index in [4.69, 9.17) is 4.74 Å². The lowest BCUT2D eigenvalue weighted by molar-refractivity contribution is 0.411. The lowest BCUT2D eigenvalue weighted by atomic mass is 9.84. The van der Waals surface area contributed by atoms with Crippen molar-refractivity contribution in [1.29, 1.82) is 0 Å². The summed E-state index contributed by atoms with van der Waals surface area (Å²) in [6.45, 7) is 11.1. The van der Waals surface area contributed by atoms with E-state index in [-0.39, 0.29) is 5.41 Å². The molecule has 1 aromatic carbocycles. The van der Waals surface area contributed by atoms with Crippen LogP contribution in [0.3, 0.4) is 0 Å². The summed E-state index contributed by atoms with van der Waals surface area (Å²) in [6.07, 6.45) is 0.988. The molecule has 0 saturated heterocycles. The molecule has 0 atom stereocenters. The second-order valence-electron chi connectivity index (χ2n) is 7.47. The minimum atomic E-state index is -0.0458. The van der Waals surface area contributed by atoms with E-state index in [1.54, 1.807) is 14.2 Å². The van der Waals surface area contributed by atoms with Crippen molar-refractivity contribution in [1.82, 2.24) is 20.4 Å². The van der Waals surface area contributed by atoms with Gasteiger partial charge in [-0.1, -0.05) is 26.0 Å². The van der Waals surface area contributed by atoms with Crippen molar-refractivity contribution in [2.75, 3.05) is 27.2 Å². The van der Waals surface area contributed by atoms with E-state index in [2.05, 4.69) is 64.4 Å². The van der Waals surface area contributed by atoms with Crippen LogP contribution in [0.2, 0.25) is 0 Å². The molecule has 6 nitrogen and oxygen atoms in total. The maximum atomic E-state index is 5.35. The van der Waals surface area contributed by atoms with Crippen LogP contribution in [0.1, 0.15) is 37.2 Å². The van der Waals surface area contributed by atoms with Gasteiger partial charge in [-0.2, -0.15) is 5.10 Å². The molecule has 0 amide bonds. The Kier molecular flexibility index (Phi) is 7.28. The Morgan fingerprint density at radius 2 is 2.00 bits per heavy atom. The maximum absolute atomic E-state index is 5.35. The molecule has 6 heteroatoms. The third-order valence-corrected chi connectivity index (χ3v) is 4.72. The van der Waals surface area contributed by atoms with Gasteiger partial charge in [-0.25, -0.2) is 0 Å². The van der Waals surface area contributed by atoms with Gasteiger partial charge in [0.1, 0.15) is 5.75 Å². The van der Waals surface area contributed by atoms with Crippen molar-refractivity contribution in [3.63, 3.8) is 0 Å². The normalized spacial score (nSPS) is 12.1. The summed E-state index contributed by atoms with van der Waals surface area (Å²) >= 11 is 0. The number of hydrogen-bond acceptors (Lipinski definition) is 3. The highest BCUT2D eigenvalue weighted by Crippen LogP contribution is 2.25. The SMILES string of the molecule is CN=C(NCCCn1nc(C)cc1C)NCC(C)(C)c1cccc(OC)c1. The molecule has 0 saturated carbocycles. The zero-order valence-electron chi connectivity index (χ0n) is 17.5. The predicted octanol–water partition coefficient (Wildman–Crippen LogP) is 3.04. The number of aromatic nitrogens is 2. The topological polar surface area (TPSA) is 63.5 Å². The van der Waals surface area contributed by atoms with Gasteiger partial charge in [0.25, 0.3) is 0 Å². The molecule has 0 aliphatic heterocycles. The first-order valence-electron chi connectivity index (χ1n) is 9.46. The number of aliphatic imine (C=N–C) groups is 1. The molecule has 27 heavy (non-hydrogen) atoms. The van der Waals surface area contributed by atoms with Gasteiger partial charge in [0.2, 0.25) is 0 Å². The molecule has 0 spiro atoms. The van der Waals surface area contributed by atoms with E-state index >= 15 is 0 Å². The van der Waals surface area contributed by atoms with Gasteiger partial charge in [-0.3, -0.25) is 9.67 Å². The standard InChI is InChI=1S/C21H33N5O/c1-16-13-17(2)26(25-16)12-8-11-23-20(22-5)24-15-21(3,4)18-9-7-10-19(14-18)27-6/h7,9-10,13-14H,8,11-12,15H2,1-6H3,(H2,22,23,24). The van der Waals surface area contributed by atoms with Crippen LogP contribution in [-0.4, -0.2) is 43.0 Å². The van der Waals surface area contributed by atoms with Gasteiger partial charge >= 0.3 is 0 Å². The van der Waals surface area contributed by atoms with Crippen molar-refractivity contribution in [2.24, 2.45) is 4.99 Å². The van der Waals surface area contributed by atoms with Gasteiger partial charge < -0.3 is 15.4 Å². The molecular weight excluding hydrogens is 338 g/mol. The number of nitrogens with one attached hydrogen (secondary N) is 2. The largest absolute Gasteiger partial charge is 0.497 e. The van der Waals surface area contributed by atoms with Gasteiger partial charge in [0.15, 0.2) is 5.96 Å². The van der Waals surface area contributed by atoms with Crippen LogP contribution in [0, 0.1) is 13.8 Å². The van der Waals surface area contributed by atoms with Crippen LogP contribution in [0.5, 0.6) is 5.75 Å². The number of hydrogen-bond donors (Lipinski definition) is 2. The van der Waals surface area contributed by atoms with Gasteiger partial charge in [0, 0.05) is 37.8 Å². The number of aryl methyl sites for hydroxylation is 3. The second-order valence-corrected chi connectivity index (χ2v) is 7.47. The summed E-state index contributed by atoms with van der Waals surface area (Å²) in [6, 6.07) is 10.3. The average molecular weight is 372 g/mol. The molecule has 2 rings (SSSR count). The van der Waals surface area contributed by atoms with Gasteiger partial charge in [-0.05, 0) is 44.0 Å². The third-order valence-electron chi connectivity index (χ3n) is 4.72. The van der Waals surface area contributed by atoms with E-state index in [0.717, 1.165) is 43.5 Å². The molecular formula is C21H33N5O. The monoisotopic (exact) mass is 371 g/mol. The van der Waals surface area contributed by atoms with Crippen LogP contribution in [0.25, 0.3) is 0 Å². The Bertz CT molecular complexity index is 764. The van der Waals surface area contributed by atoms with E-state index in [1.807, 2.05) is 19.1 Å². The van der Waals surface area contributed by atoms with Crippen LogP contribution < -0.4 is 15.4 Å². The van der Waals surface area contributed by atoms with Crippen molar-refractivity contribution in [3.8, 4) is 5.75 Å². The van der Waals surface area contributed by atoms with Crippen LogP contribution in [-0.2, 0) is 12.0 Å². The molecule has 2 N–H and O–H groups in total. The molecule has 1 aromatic heterocycles. The molecule has 0 radical (unpaired) electrons. The minimum Gasteiger partial charge on any atom is -0.497 e. The summed E-state index contributed by atoms with van der Waals surface area (Å²) in [5.41, 5.74) is 3.46. The first-order chi connectivity index (χ1) is 12.9. The summed E-state index contributed by atoms with van der Waals surface area (Å²) < 4.78 is 7.40. The Balaban J connectivity index is 1.81. The fourth-order valence-corrected chi connectivity index (χ4v) is 3.01. The summed E-state index contributed by atoms with van der Waals surface area (Å²) in [5, 5.41) is 11.3. The third kappa shape index (κ3) is 6.01. The van der Waals surface area contributed by atoms with E-state index in [9.17, 15) is 0 Å². The van der Waals surface area contributed by atoms with Gasteiger partial charge in [0.05, 0.1) is 12.8 Å². The molecule has 0 fully saturated rings. The van der Waals surface area contributed by atoms with Crippen molar-refractivity contribution >= 4 is 5.96 Å². The Hall–Kier alpha value is -2.50. The highest BCUT2D eigenvalue weighted by Gasteiger charge is 2.21. The summed E-state index contributed by atoms with van der Waals surface area (Å²) in [4.78, 5) is 4.33. The molecule has 0 aliphatic rings. The lowest BCUT2D eigenvalue weighted by Gasteiger charge is -2.27. The smallest absolute Gasteiger partial charge is 0.191 e. The number of methoxy groups -OCH3 is 1. The zero-order chi connectivity index (χ0) is 19.9. The molecule has 0 bridgehead atoms. The fourth-order valence-electron chi connectivity index (χ4n) is 3.01. The van der Waals surface area contributed by atoms with Gasteiger partial charge in [-0.15, -0.1) is 0 Å². The molecule has 1 heterocycles. The van der Waals surface area contributed by atoms with Crippen LogP contribution in [0.15, 0.2) is 35.3 Å². The second kappa shape index (κ2) is 9.44. The van der Waals surface area contributed by atoms with E-state index in [1.165, 1.54) is 11.3 Å². The highest BCUT2D eigenvalue weighted by atomic mass is 16.5. The molecule has 148 valence electrons. The number of benzene rings is 1. The Morgan fingerprint density at radius 1 is 1.22 bits per heavy atom. The lowest BCUT2D eigenvalue weighted by Crippen LogP contribution is -2.43. The van der Waals surface area contributed by atoms with Crippen LogP contribution >= 0.6 is 0 Å². The zero-order valence-corrected chi connectivity index (χ0v) is 17.5. The molecule has 0 unspecified atom stereocenters. The number of nitrogens with zero attached hydrogens (tertiary/aromatic N) is 3. The maximum Gasteiger partial charge on any atom is 0.191 e. The summed E-state index contributed by atoms with van der Waals surface area (Å²) in [5.74, 6) is 1.70. The number of ether oxygens (including phenoxy) is 1. The van der Waals surface area contributed by atoms with Crippen molar-refractivity contribution in [2.45, 2.75) is 46.1 Å². The minimum absolute atomic E-state index is 0.0458. The highest BCUT2D eigenvalue weighted by molar-refractivity contribution is 5.79. The van der Waals surface area contributed by atoms with E-state index in [0.29, 0.717) is 0 Å². The quantitative estimate of drug-likeness (QED) is 0.425.